The Morgan fingerprint density at radius 3 is 2.43 bits per heavy atom. The Morgan fingerprint density at radius 2 is 1.89 bits per heavy atom. The first kappa shape index (κ1) is 26.3. The second-order valence-corrected chi connectivity index (χ2v) is 8.27. The van der Waals surface area contributed by atoms with Gasteiger partial charge in [0.2, 0.25) is 0 Å². The maximum absolute atomic E-state index is 15.4. The largest absolute Gasteiger partial charge is 0.455 e. The molecule has 3 heterocycles. The van der Waals surface area contributed by atoms with E-state index in [0.29, 0.717) is 0 Å². The first-order valence-electron chi connectivity index (χ1n) is 10.1. The minimum absolute atomic E-state index is 0.154. The molecular weight excluding hydrogens is 498 g/mol. The molecule has 186 valence electrons. The fraction of sp³-hybridized carbons (Fsp3) is 0.261. The van der Waals surface area contributed by atoms with Crippen LogP contribution < -0.4 is 5.56 Å². The number of pyridine rings is 2. The van der Waals surface area contributed by atoms with Gasteiger partial charge < -0.3 is 4.57 Å². The molecule has 0 aliphatic carbocycles. The average Bonchev–Trinajstić information content (AvgIpc) is 3.19. The standard InChI is InChI=1S/C23H19ClF6N4O/c1-4-15(34-8-6-19(24)32-34)10-17(25)20(13(2)3)18-9-14-5-7-33(21(35)16(14)11-31-18)12-22(26,27)23(28,29)30/h4-11,13H,1,12H2,2-3H3/b15-10+,20-17-. The summed E-state index contributed by atoms with van der Waals surface area (Å²) in [5.74, 6) is -6.15. The van der Waals surface area contributed by atoms with E-state index >= 15 is 4.39 Å². The topological polar surface area (TPSA) is 52.7 Å². The van der Waals surface area contributed by atoms with Gasteiger partial charge in [-0.15, -0.1) is 0 Å². The highest BCUT2D eigenvalue weighted by atomic mass is 35.5. The van der Waals surface area contributed by atoms with Gasteiger partial charge in [0.05, 0.1) is 23.3 Å². The summed E-state index contributed by atoms with van der Waals surface area (Å²) in [5, 5.41) is 4.19. The van der Waals surface area contributed by atoms with Gasteiger partial charge >= 0.3 is 12.1 Å². The second-order valence-electron chi connectivity index (χ2n) is 7.88. The molecule has 0 atom stereocenters. The van der Waals surface area contributed by atoms with Gasteiger partial charge in [-0.1, -0.05) is 32.0 Å². The summed E-state index contributed by atoms with van der Waals surface area (Å²) in [4.78, 5) is 16.6. The molecule has 0 bridgehead atoms. The lowest BCUT2D eigenvalue weighted by Gasteiger charge is -2.20. The molecule has 5 nitrogen and oxygen atoms in total. The van der Waals surface area contributed by atoms with Crippen molar-refractivity contribution in [2.45, 2.75) is 32.5 Å². The highest BCUT2D eigenvalue weighted by Gasteiger charge is 2.57. The van der Waals surface area contributed by atoms with Gasteiger partial charge in [0, 0.05) is 24.2 Å². The molecule has 0 unspecified atom stereocenters. The molecule has 0 radical (unpaired) electrons. The molecule has 0 aromatic carbocycles. The van der Waals surface area contributed by atoms with Crippen molar-refractivity contribution in [2.24, 2.45) is 5.92 Å². The van der Waals surface area contributed by atoms with Gasteiger partial charge in [-0.25, -0.2) is 9.07 Å². The number of aromatic nitrogens is 4. The van der Waals surface area contributed by atoms with Crippen molar-refractivity contribution in [2.75, 3.05) is 0 Å². The van der Waals surface area contributed by atoms with Crippen LogP contribution in [0.3, 0.4) is 0 Å². The van der Waals surface area contributed by atoms with Crippen LogP contribution in [0.1, 0.15) is 19.5 Å². The lowest BCUT2D eigenvalue weighted by atomic mass is 9.97. The Bertz CT molecular complexity index is 1380. The van der Waals surface area contributed by atoms with E-state index in [1.807, 2.05) is 0 Å². The van der Waals surface area contributed by atoms with Crippen molar-refractivity contribution >= 4 is 33.6 Å². The third-order valence-electron chi connectivity index (χ3n) is 5.06. The van der Waals surface area contributed by atoms with Crippen molar-refractivity contribution in [1.29, 1.82) is 0 Å². The summed E-state index contributed by atoms with van der Waals surface area (Å²) in [7, 11) is 0. The quantitative estimate of drug-likeness (QED) is 0.266. The van der Waals surface area contributed by atoms with Gasteiger partial charge in [-0.3, -0.25) is 9.78 Å². The van der Waals surface area contributed by atoms with Gasteiger partial charge in [0.25, 0.3) is 5.56 Å². The zero-order valence-electron chi connectivity index (χ0n) is 18.5. The molecule has 0 aliphatic heterocycles. The summed E-state index contributed by atoms with van der Waals surface area (Å²) < 4.78 is 81.4. The van der Waals surface area contributed by atoms with Crippen molar-refractivity contribution in [1.82, 2.24) is 19.3 Å². The number of hydrogen-bond acceptors (Lipinski definition) is 3. The molecule has 0 fully saturated rings. The van der Waals surface area contributed by atoms with Crippen LogP contribution in [0, 0.1) is 5.92 Å². The first-order chi connectivity index (χ1) is 16.2. The summed E-state index contributed by atoms with van der Waals surface area (Å²) in [6.07, 6.45) is 0.108. The van der Waals surface area contributed by atoms with E-state index in [1.54, 1.807) is 13.8 Å². The molecule has 0 aliphatic rings. The molecule has 3 aromatic rings. The summed E-state index contributed by atoms with van der Waals surface area (Å²) in [5.41, 5.74) is -0.481. The van der Waals surface area contributed by atoms with Crippen molar-refractivity contribution in [3.05, 3.63) is 82.5 Å². The van der Waals surface area contributed by atoms with E-state index < -0.39 is 30.0 Å². The van der Waals surface area contributed by atoms with Crippen LogP contribution in [-0.2, 0) is 6.54 Å². The van der Waals surface area contributed by atoms with E-state index in [1.165, 1.54) is 41.2 Å². The molecule has 0 N–H and O–H groups in total. The minimum Gasteiger partial charge on any atom is -0.308 e. The zero-order chi connectivity index (χ0) is 26.1. The number of hydrogen-bond donors (Lipinski definition) is 0. The molecule has 0 amide bonds. The zero-order valence-corrected chi connectivity index (χ0v) is 19.2. The average molecular weight is 517 g/mol. The van der Waals surface area contributed by atoms with Gasteiger partial charge in [-0.05, 0) is 41.7 Å². The summed E-state index contributed by atoms with van der Waals surface area (Å²) in [6, 6.07) is 4.07. The number of nitrogens with zero attached hydrogens (tertiary/aromatic N) is 4. The lowest BCUT2D eigenvalue weighted by Crippen LogP contribution is -2.42. The fourth-order valence-electron chi connectivity index (χ4n) is 3.32. The molecule has 12 heteroatoms. The van der Waals surface area contributed by atoms with E-state index in [-0.39, 0.29) is 43.4 Å². The number of allylic oxidation sites excluding steroid dienone is 5. The van der Waals surface area contributed by atoms with Crippen LogP contribution in [0.25, 0.3) is 22.0 Å². The lowest BCUT2D eigenvalue weighted by molar-refractivity contribution is -0.287. The maximum Gasteiger partial charge on any atom is 0.455 e. The van der Waals surface area contributed by atoms with Gasteiger partial charge in [0.15, 0.2) is 5.15 Å². The molecule has 35 heavy (non-hydrogen) atoms. The molecule has 3 aromatic heterocycles. The molecule has 3 rings (SSSR count). The first-order valence-corrected chi connectivity index (χ1v) is 10.5. The Morgan fingerprint density at radius 1 is 1.20 bits per heavy atom. The number of alkyl halides is 5. The smallest absolute Gasteiger partial charge is 0.308 e. The molecular formula is C23H19ClF6N4O. The van der Waals surface area contributed by atoms with Crippen LogP contribution in [-0.4, -0.2) is 31.4 Å². The third kappa shape index (κ3) is 5.50. The SMILES string of the molecule is C=C/C(=C\C(F)=C(\c1cc2ccn(CC(F)(F)C(F)(F)F)c(=O)c2cn1)C(C)C)n1ccc(Cl)n1. The Balaban J connectivity index is 2.08. The van der Waals surface area contributed by atoms with Gasteiger partial charge in [-0.2, -0.15) is 27.1 Å². The number of halogens is 7. The van der Waals surface area contributed by atoms with Gasteiger partial charge in [0.1, 0.15) is 5.83 Å². The van der Waals surface area contributed by atoms with E-state index in [2.05, 4.69) is 16.7 Å². The van der Waals surface area contributed by atoms with Crippen LogP contribution in [0.5, 0.6) is 0 Å². The van der Waals surface area contributed by atoms with E-state index in [0.717, 1.165) is 12.4 Å². The molecule has 0 saturated carbocycles. The normalized spacial score (nSPS) is 13.9. The van der Waals surface area contributed by atoms with Crippen molar-refractivity contribution in [3.63, 3.8) is 0 Å². The predicted molar refractivity (Wildman–Crippen MR) is 122 cm³/mol. The summed E-state index contributed by atoms with van der Waals surface area (Å²) in [6.45, 7) is 5.19. The van der Waals surface area contributed by atoms with Crippen LogP contribution in [0.15, 0.2) is 66.1 Å². The van der Waals surface area contributed by atoms with Crippen molar-refractivity contribution in [3.8, 4) is 0 Å². The Labute approximate surface area is 200 Å². The maximum atomic E-state index is 15.4. The van der Waals surface area contributed by atoms with Crippen LogP contribution in [0.2, 0.25) is 5.15 Å². The monoisotopic (exact) mass is 516 g/mol. The molecule has 0 saturated heterocycles. The second kappa shape index (κ2) is 9.73. The number of fused-ring (bicyclic) bond motifs is 1. The van der Waals surface area contributed by atoms with Crippen LogP contribution in [0.4, 0.5) is 26.3 Å². The van der Waals surface area contributed by atoms with Crippen molar-refractivity contribution < 1.29 is 26.3 Å². The third-order valence-corrected chi connectivity index (χ3v) is 5.26. The summed E-state index contributed by atoms with van der Waals surface area (Å²) >= 11 is 5.81. The minimum atomic E-state index is -5.81. The Kier molecular flexibility index (Phi) is 7.30. The van der Waals surface area contributed by atoms with Crippen LogP contribution >= 0.6 is 11.6 Å². The van der Waals surface area contributed by atoms with E-state index in [4.69, 9.17) is 11.6 Å². The fourth-order valence-corrected chi connectivity index (χ4v) is 3.46. The van der Waals surface area contributed by atoms with E-state index in [9.17, 15) is 26.7 Å². The Hall–Kier alpha value is -3.34. The predicted octanol–water partition coefficient (Wildman–Crippen LogP) is 6.51. The highest BCUT2D eigenvalue weighted by Crippen LogP contribution is 2.36. The highest BCUT2D eigenvalue weighted by molar-refractivity contribution is 6.29. The molecule has 0 spiro atoms. The number of rotatable bonds is 7.